The predicted octanol–water partition coefficient (Wildman–Crippen LogP) is 8.79. The predicted molar refractivity (Wildman–Crippen MR) is 176 cm³/mol. The van der Waals surface area contributed by atoms with Crippen molar-refractivity contribution in [1.29, 1.82) is 0 Å². The fourth-order valence-electron chi connectivity index (χ4n) is 6.35. The van der Waals surface area contributed by atoms with Crippen molar-refractivity contribution >= 4 is 30.9 Å². The first kappa shape index (κ1) is 37.7. The Labute approximate surface area is 278 Å². The van der Waals surface area contributed by atoms with Gasteiger partial charge in [-0.05, 0) is 0 Å². The standard InChI is InChI=1S/2C16H22F2NO.C5H5.Ti/c2*1-6-9-16(4,5)15(20)19(11(2)3)14-8-7-12(17)10-13(14)18;1-2-4-5-3-1;/h2*7-8,11H,6,9H2,1-5H3;1-3H,4H2;. The van der Waals surface area contributed by atoms with E-state index in [0.717, 1.165) is 25.0 Å². The Balaban J connectivity index is 2.35. The first-order valence-electron chi connectivity index (χ1n) is 16.3. The first-order valence-corrected chi connectivity index (χ1v) is 18.6. The third kappa shape index (κ3) is 7.54. The van der Waals surface area contributed by atoms with Gasteiger partial charge in [0.05, 0.1) is 0 Å². The van der Waals surface area contributed by atoms with Gasteiger partial charge in [0, 0.05) is 0 Å². The van der Waals surface area contributed by atoms with Gasteiger partial charge in [-0.15, -0.1) is 0 Å². The van der Waals surface area contributed by atoms with E-state index >= 15 is 17.6 Å². The van der Waals surface area contributed by atoms with Gasteiger partial charge in [-0.25, -0.2) is 0 Å². The molecule has 0 bridgehead atoms. The number of amides is 2. The zero-order valence-electron chi connectivity index (χ0n) is 29.0. The van der Waals surface area contributed by atoms with Crippen LogP contribution in [-0.4, -0.2) is 23.9 Å². The number of hydrogen-bond donors (Lipinski definition) is 0. The van der Waals surface area contributed by atoms with E-state index < -0.39 is 64.1 Å². The number of carbonyl (C=O) groups is 2. The maximum absolute atomic E-state index is 16.9. The molecule has 1 aliphatic carbocycles. The molecule has 2 aromatic carbocycles. The third-order valence-electron chi connectivity index (χ3n) is 8.63. The van der Waals surface area contributed by atoms with Crippen molar-refractivity contribution in [2.24, 2.45) is 10.8 Å². The number of anilines is 2. The molecule has 3 rings (SSSR count). The zero-order valence-corrected chi connectivity index (χ0v) is 30.5. The normalized spacial score (nSPS) is 13.4. The summed E-state index contributed by atoms with van der Waals surface area (Å²) in [5, 5.41) is 0. The Kier molecular flexibility index (Phi) is 12.3. The number of allylic oxidation sites excluding steroid dienone is 4. The fourth-order valence-corrected chi connectivity index (χ4v) is 10.8. The molecule has 0 saturated carbocycles. The van der Waals surface area contributed by atoms with Gasteiger partial charge in [0.2, 0.25) is 0 Å². The number of carbonyl (C=O) groups excluding carboxylic acids is 2. The number of halogens is 4. The summed E-state index contributed by atoms with van der Waals surface area (Å²) >= 11 is -3.91. The summed E-state index contributed by atoms with van der Waals surface area (Å²) in [5.74, 6) is -4.44. The van der Waals surface area contributed by atoms with Crippen molar-refractivity contribution < 1.29 is 45.0 Å². The average molecular weight is 678 g/mol. The molecule has 1 aliphatic rings. The average Bonchev–Trinajstić information content (AvgIpc) is 3.49. The van der Waals surface area contributed by atoms with Crippen LogP contribution in [-0.2, 0) is 27.5 Å². The van der Waals surface area contributed by atoms with Crippen LogP contribution in [0.2, 0.25) is 0 Å². The summed E-state index contributed by atoms with van der Waals surface area (Å²) in [7, 11) is 0. The molecule has 2 aromatic rings. The van der Waals surface area contributed by atoms with E-state index in [2.05, 4.69) is 0 Å². The van der Waals surface area contributed by atoms with E-state index in [9.17, 15) is 9.59 Å². The zero-order chi connectivity index (χ0) is 34.7. The molecule has 251 valence electrons. The van der Waals surface area contributed by atoms with Crippen LogP contribution in [0.15, 0.2) is 46.4 Å². The Morgan fingerprint density at radius 1 is 0.739 bits per heavy atom. The van der Waals surface area contributed by atoms with Gasteiger partial charge >= 0.3 is 280 Å². The quantitative estimate of drug-likeness (QED) is 0.157. The molecule has 46 heavy (non-hydrogen) atoms. The van der Waals surface area contributed by atoms with Gasteiger partial charge < -0.3 is 0 Å². The summed E-state index contributed by atoms with van der Waals surface area (Å²) in [6.07, 6.45) is 8.06. The number of hydrogen-bond acceptors (Lipinski definition) is 2. The van der Waals surface area contributed by atoms with E-state index in [1.54, 1.807) is 73.6 Å². The minimum atomic E-state index is -3.91. The van der Waals surface area contributed by atoms with Crippen molar-refractivity contribution in [2.75, 3.05) is 9.80 Å². The third-order valence-corrected chi connectivity index (χ3v) is 13.2. The van der Waals surface area contributed by atoms with Crippen LogP contribution in [0.3, 0.4) is 0 Å². The molecule has 0 aliphatic heterocycles. The summed E-state index contributed by atoms with van der Waals surface area (Å²) in [5.41, 5.74) is -1.87. The molecule has 0 aromatic heterocycles. The number of rotatable bonds is 13. The summed E-state index contributed by atoms with van der Waals surface area (Å²) in [4.78, 5) is 30.3. The van der Waals surface area contributed by atoms with Crippen molar-refractivity contribution in [3.63, 3.8) is 0 Å². The van der Waals surface area contributed by atoms with E-state index in [4.69, 9.17) is 0 Å². The molecule has 0 heterocycles. The van der Waals surface area contributed by atoms with Gasteiger partial charge in [0.15, 0.2) is 0 Å². The second-order valence-electron chi connectivity index (χ2n) is 14.0. The summed E-state index contributed by atoms with van der Waals surface area (Å²) in [6, 6.07) is 3.72. The Morgan fingerprint density at radius 3 is 1.43 bits per heavy atom. The van der Waals surface area contributed by atoms with E-state index in [-0.39, 0.29) is 37.3 Å². The first-order chi connectivity index (χ1) is 21.4. The van der Waals surface area contributed by atoms with Crippen molar-refractivity contribution in [3.8, 4) is 0 Å². The monoisotopic (exact) mass is 677 g/mol. The van der Waals surface area contributed by atoms with Crippen molar-refractivity contribution in [1.82, 2.24) is 0 Å². The molecule has 2 amide bonds. The van der Waals surface area contributed by atoms with E-state index in [1.165, 1.54) is 21.9 Å². The fraction of sp³-hybridized carbons (Fsp3) is 0.514. The van der Waals surface area contributed by atoms with Crippen LogP contribution in [0.5, 0.6) is 0 Å². The Bertz CT molecular complexity index is 1420. The SMILES string of the molecule is CCCC(C)(C)C(=O)N(c1ccc(F)[c]([Ti]([C]2=CC=CC2)[c]2c(F)ccc(N(C(=O)C(C)(C)CCC)C(C)C)c2F)c1F)C(C)C. The number of nitrogens with zero attached hydrogens (tertiary/aromatic N) is 2. The van der Waals surface area contributed by atoms with Gasteiger partial charge in [-0.1, -0.05) is 0 Å². The molecular formula is C37H49F4N2O2Ti. The van der Waals surface area contributed by atoms with Crippen LogP contribution in [0.1, 0.15) is 101 Å². The van der Waals surface area contributed by atoms with Gasteiger partial charge in [-0.2, -0.15) is 0 Å². The topological polar surface area (TPSA) is 40.6 Å². The second-order valence-corrected chi connectivity index (χ2v) is 17.8. The van der Waals surface area contributed by atoms with E-state index in [1.807, 2.05) is 13.8 Å². The second kappa shape index (κ2) is 15.0. The van der Waals surface area contributed by atoms with Crippen LogP contribution in [0, 0.1) is 34.1 Å². The Morgan fingerprint density at radius 2 is 1.13 bits per heavy atom. The van der Waals surface area contributed by atoms with Crippen LogP contribution in [0.4, 0.5) is 28.9 Å². The molecule has 4 nitrogen and oxygen atoms in total. The van der Waals surface area contributed by atoms with Crippen LogP contribution < -0.4 is 17.5 Å². The Hall–Kier alpha value is -2.71. The van der Waals surface area contributed by atoms with E-state index in [0.29, 0.717) is 16.7 Å². The van der Waals surface area contributed by atoms with Crippen LogP contribution in [0.25, 0.3) is 0 Å². The molecule has 0 atom stereocenters. The van der Waals surface area contributed by atoms with Crippen LogP contribution >= 0.6 is 0 Å². The molecule has 9 heteroatoms. The van der Waals surface area contributed by atoms with Gasteiger partial charge in [-0.3, -0.25) is 0 Å². The number of benzene rings is 2. The molecular weight excluding hydrogens is 628 g/mol. The molecule has 0 fully saturated rings. The molecule has 0 radical (unpaired) electrons. The molecule has 0 N–H and O–H groups in total. The summed E-state index contributed by atoms with van der Waals surface area (Å²) < 4.78 is 65.7. The summed E-state index contributed by atoms with van der Waals surface area (Å²) in [6.45, 7) is 18.1. The van der Waals surface area contributed by atoms with Gasteiger partial charge in [0.1, 0.15) is 0 Å². The molecule has 0 unspecified atom stereocenters. The molecule has 0 spiro atoms. The van der Waals surface area contributed by atoms with Gasteiger partial charge in [0.25, 0.3) is 0 Å². The maximum atomic E-state index is 16.9. The minimum absolute atomic E-state index is 0.116. The van der Waals surface area contributed by atoms with Crippen molar-refractivity contribution in [3.05, 3.63) is 69.6 Å². The van der Waals surface area contributed by atoms with Crippen molar-refractivity contribution in [2.45, 2.75) is 113 Å². The molecule has 0 saturated heterocycles.